The second kappa shape index (κ2) is 7.62. The number of aromatic nitrogens is 2. The Morgan fingerprint density at radius 2 is 2.07 bits per heavy atom. The molecule has 2 aliphatic heterocycles. The number of hydrogen-bond donors (Lipinski definition) is 1. The van der Waals surface area contributed by atoms with Crippen molar-refractivity contribution < 1.29 is 14.3 Å². The van der Waals surface area contributed by atoms with E-state index in [2.05, 4.69) is 15.1 Å². The van der Waals surface area contributed by atoms with Crippen molar-refractivity contribution in [1.29, 1.82) is 0 Å². The van der Waals surface area contributed by atoms with E-state index in [4.69, 9.17) is 4.74 Å². The molecule has 27 heavy (non-hydrogen) atoms. The minimum absolute atomic E-state index is 0.0393. The minimum atomic E-state index is 0.0393. The maximum atomic E-state index is 13.2. The molecule has 1 aromatic heterocycles. The summed E-state index contributed by atoms with van der Waals surface area (Å²) in [4.78, 5) is 29.2. The van der Waals surface area contributed by atoms with E-state index in [0.29, 0.717) is 19.7 Å². The number of likely N-dealkylation sites (tertiary alicyclic amines) is 2. The van der Waals surface area contributed by atoms with E-state index in [1.807, 2.05) is 18.0 Å². The molecule has 2 amide bonds. The Balaban J connectivity index is 1.35. The highest BCUT2D eigenvalue weighted by Crippen LogP contribution is 2.44. The third-order valence-electron chi connectivity index (χ3n) is 6.64. The Morgan fingerprint density at radius 3 is 2.85 bits per heavy atom. The third-order valence-corrected chi connectivity index (χ3v) is 6.64. The van der Waals surface area contributed by atoms with Crippen molar-refractivity contribution in [2.45, 2.75) is 50.9 Å². The highest BCUT2D eigenvalue weighted by atomic mass is 16.5. The molecule has 7 nitrogen and oxygen atoms in total. The first-order chi connectivity index (χ1) is 13.1. The number of nitrogens with one attached hydrogen (secondary N) is 1. The number of hydrogen-bond acceptors (Lipinski definition) is 4. The Hall–Kier alpha value is -1.89. The van der Waals surface area contributed by atoms with Crippen molar-refractivity contribution in [1.82, 2.24) is 20.0 Å². The topological polar surface area (TPSA) is 78.5 Å². The Kier molecular flexibility index (Phi) is 5.21. The Labute approximate surface area is 160 Å². The van der Waals surface area contributed by atoms with Crippen LogP contribution in [0, 0.1) is 5.92 Å². The number of H-pyrrole nitrogens is 1. The summed E-state index contributed by atoms with van der Waals surface area (Å²) >= 11 is 0. The summed E-state index contributed by atoms with van der Waals surface area (Å²) in [6.07, 6.45) is 7.83. The summed E-state index contributed by atoms with van der Waals surface area (Å²) in [5, 5.41) is 7.43. The minimum Gasteiger partial charge on any atom is -0.372 e. The van der Waals surface area contributed by atoms with E-state index in [9.17, 15) is 9.59 Å². The van der Waals surface area contributed by atoms with Crippen LogP contribution in [0.15, 0.2) is 6.20 Å². The summed E-state index contributed by atoms with van der Waals surface area (Å²) in [6, 6.07) is 0. The molecular formula is C20H30N4O3. The molecule has 0 radical (unpaired) electrons. The first-order valence-electron chi connectivity index (χ1n) is 10.3. The van der Waals surface area contributed by atoms with Crippen molar-refractivity contribution >= 4 is 11.8 Å². The van der Waals surface area contributed by atoms with E-state index in [1.165, 1.54) is 11.3 Å². The van der Waals surface area contributed by atoms with Crippen molar-refractivity contribution in [2.75, 3.05) is 39.4 Å². The standard InChI is InChI=1S/C20H30N4O3/c1-2-27-13-17(25)23-10-5-15(6-11-23)19(26)24-9-3-7-20(14-24)8-4-16-12-21-22-18(16)20/h12,15H,2-11,13-14H2,1H3,(H,21,22). The summed E-state index contributed by atoms with van der Waals surface area (Å²) in [6.45, 7) is 5.57. The van der Waals surface area contributed by atoms with Gasteiger partial charge in [0.2, 0.25) is 11.8 Å². The largest absolute Gasteiger partial charge is 0.372 e. The SMILES string of the molecule is CCOCC(=O)N1CCC(C(=O)N2CCCC3(CCc4cn[nH]c43)C2)CC1. The molecule has 1 aromatic rings. The fourth-order valence-corrected chi connectivity index (χ4v) is 5.10. The van der Waals surface area contributed by atoms with Crippen molar-refractivity contribution in [2.24, 2.45) is 5.92 Å². The number of aryl methyl sites for hydroxylation is 1. The number of ether oxygens (including phenoxy) is 1. The molecule has 1 unspecified atom stereocenters. The molecular weight excluding hydrogens is 344 g/mol. The fourth-order valence-electron chi connectivity index (χ4n) is 5.10. The van der Waals surface area contributed by atoms with Crippen molar-refractivity contribution in [3.05, 3.63) is 17.5 Å². The number of amides is 2. The quantitative estimate of drug-likeness (QED) is 0.866. The van der Waals surface area contributed by atoms with Gasteiger partial charge in [0.05, 0.1) is 6.20 Å². The van der Waals surface area contributed by atoms with Gasteiger partial charge in [-0.1, -0.05) is 0 Å². The summed E-state index contributed by atoms with van der Waals surface area (Å²) in [7, 11) is 0. The van der Waals surface area contributed by atoms with Crippen LogP contribution >= 0.6 is 0 Å². The predicted molar refractivity (Wildman–Crippen MR) is 100 cm³/mol. The van der Waals surface area contributed by atoms with E-state index in [-0.39, 0.29) is 29.8 Å². The molecule has 148 valence electrons. The zero-order valence-corrected chi connectivity index (χ0v) is 16.2. The first kappa shape index (κ1) is 18.5. The van der Waals surface area contributed by atoms with Crippen LogP contribution in [0.5, 0.6) is 0 Å². The molecule has 1 aliphatic carbocycles. The van der Waals surface area contributed by atoms with Gasteiger partial charge in [-0.3, -0.25) is 14.7 Å². The Bertz CT molecular complexity index is 695. The molecule has 2 saturated heterocycles. The molecule has 4 rings (SSSR count). The molecule has 0 bridgehead atoms. The number of carbonyl (C=O) groups excluding carboxylic acids is 2. The molecule has 1 spiro atoms. The molecule has 2 fully saturated rings. The molecule has 3 aliphatic rings. The summed E-state index contributed by atoms with van der Waals surface area (Å²) in [5.74, 6) is 0.357. The van der Waals surface area contributed by atoms with Crippen molar-refractivity contribution in [3.8, 4) is 0 Å². The second-order valence-electron chi connectivity index (χ2n) is 8.21. The third kappa shape index (κ3) is 3.49. The number of nitrogens with zero attached hydrogens (tertiary/aromatic N) is 3. The van der Waals surface area contributed by atoms with Gasteiger partial charge in [-0.25, -0.2) is 0 Å². The maximum Gasteiger partial charge on any atom is 0.248 e. The normalized spacial score (nSPS) is 25.8. The lowest BCUT2D eigenvalue weighted by Gasteiger charge is -2.42. The van der Waals surface area contributed by atoms with Crippen LogP contribution in [0.3, 0.4) is 0 Å². The van der Waals surface area contributed by atoms with Gasteiger partial charge in [-0.05, 0) is 51.0 Å². The average molecular weight is 374 g/mol. The molecule has 7 heteroatoms. The molecule has 1 N–H and O–H groups in total. The van der Waals surface area contributed by atoms with Gasteiger partial charge in [0.25, 0.3) is 0 Å². The second-order valence-corrected chi connectivity index (χ2v) is 8.21. The average Bonchev–Trinajstić information content (AvgIpc) is 3.31. The summed E-state index contributed by atoms with van der Waals surface area (Å²) in [5.41, 5.74) is 2.66. The maximum absolute atomic E-state index is 13.2. The number of aromatic amines is 1. The van der Waals surface area contributed by atoms with Crippen LogP contribution in [0.2, 0.25) is 0 Å². The van der Waals surface area contributed by atoms with Crippen LogP contribution in [0.4, 0.5) is 0 Å². The number of fused-ring (bicyclic) bond motifs is 2. The van der Waals surface area contributed by atoms with Crippen LogP contribution < -0.4 is 0 Å². The lowest BCUT2D eigenvalue weighted by molar-refractivity contribution is -0.144. The van der Waals surface area contributed by atoms with Crippen molar-refractivity contribution in [3.63, 3.8) is 0 Å². The lowest BCUT2D eigenvalue weighted by Crippen LogP contribution is -2.51. The molecule has 3 heterocycles. The van der Waals surface area contributed by atoms with E-state index >= 15 is 0 Å². The highest BCUT2D eigenvalue weighted by molar-refractivity contribution is 5.81. The molecule has 0 saturated carbocycles. The Morgan fingerprint density at radius 1 is 1.26 bits per heavy atom. The zero-order valence-electron chi connectivity index (χ0n) is 16.2. The number of piperidine rings is 2. The molecule has 1 atom stereocenters. The van der Waals surface area contributed by atoms with Crippen LogP contribution in [0.25, 0.3) is 0 Å². The smallest absolute Gasteiger partial charge is 0.248 e. The summed E-state index contributed by atoms with van der Waals surface area (Å²) < 4.78 is 5.22. The number of rotatable bonds is 4. The van der Waals surface area contributed by atoms with Crippen LogP contribution in [-0.4, -0.2) is 71.2 Å². The van der Waals surface area contributed by atoms with E-state index in [1.54, 1.807) is 0 Å². The van der Waals surface area contributed by atoms with E-state index in [0.717, 1.165) is 51.6 Å². The van der Waals surface area contributed by atoms with Gasteiger partial charge in [0.1, 0.15) is 6.61 Å². The molecule has 0 aromatic carbocycles. The van der Waals surface area contributed by atoms with Crippen LogP contribution in [0.1, 0.15) is 50.3 Å². The highest BCUT2D eigenvalue weighted by Gasteiger charge is 2.45. The fraction of sp³-hybridized carbons (Fsp3) is 0.750. The zero-order chi connectivity index (χ0) is 18.9. The van der Waals surface area contributed by atoms with E-state index < -0.39 is 0 Å². The van der Waals surface area contributed by atoms with Gasteiger partial charge in [-0.15, -0.1) is 0 Å². The van der Waals surface area contributed by atoms with Gasteiger partial charge in [0, 0.05) is 49.8 Å². The van der Waals surface area contributed by atoms with Gasteiger partial charge in [0.15, 0.2) is 0 Å². The monoisotopic (exact) mass is 374 g/mol. The van der Waals surface area contributed by atoms with Gasteiger partial charge < -0.3 is 14.5 Å². The predicted octanol–water partition coefficient (Wildman–Crippen LogP) is 1.49. The first-order valence-corrected chi connectivity index (χ1v) is 10.3. The van der Waals surface area contributed by atoms with Gasteiger partial charge >= 0.3 is 0 Å². The number of carbonyl (C=O) groups is 2. The lowest BCUT2D eigenvalue weighted by atomic mass is 9.77. The van der Waals surface area contributed by atoms with Crippen LogP contribution in [-0.2, 0) is 26.2 Å². The van der Waals surface area contributed by atoms with Gasteiger partial charge in [-0.2, -0.15) is 5.10 Å².